The fourth-order valence-electron chi connectivity index (χ4n) is 2.72. The minimum absolute atomic E-state index is 0.0106. The van der Waals surface area contributed by atoms with Gasteiger partial charge in [0.1, 0.15) is 6.04 Å². The van der Waals surface area contributed by atoms with Gasteiger partial charge >= 0.3 is 0 Å². The molecule has 102 valence electrons. The molecule has 0 aromatic heterocycles. The van der Waals surface area contributed by atoms with E-state index in [1.165, 1.54) is 0 Å². The number of nitrogens with zero attached hydrogens (tertiary/aromatic N) is 1. The maximum atomic E-state index is 12.5. The highest BCUT2D eigenvalue weighted by Crippen LogP contribution is 2.22. The van der Waals surface area contributed by atoms with Gasteiger partial charge in [-0.15, -0.1) is 0 Å². The Morgan fingerprint density at radius 3 is 2.50 bits per heavy atom. The van der Waals surface area contributed by atoms with Crippen molar-refractivity contribution in [1.82, 2.24) is 15.5 Å². The number of hydrogen-bond acceptors (Lipinski definition) is 3. The number of nitrogens with one attached hydrogen (secondary N) is 2. The summed E-state index contributed by atoms with van der Waals surface area (Å²) in [4.78, 5) is 26.2. The smallest absolute Gasteiger partial charge is 0.243 e. The molecule has 0 bridgehead atoms. The van der Waals surface area contributed by atoms with Crippen molar-refractivity contribution >= 4 is 11.8 Å². The maximum Gasteiger partial charge on any atom is 0.243 e. The summed E-state index contributed by atoms with van der Waals surface area (Å²) < 4.78 is 0. The van der Waals surface area contributed by atoms with Crippen LogP contribution in [0.3, 0.4) is 0 Å². The van der Waals surface area contributed by atoms with E-state index < -0.39 is 0 Å². The van der Waals surface area contributed by atoms with Crippen molar-refractivity contribution in [3.63, 3.8) is 0 Å². The highest BCUT2D eigenvalue weighted by Gasteiger charge is 2.39. The largest absolute Gasteiger partial charge is 0.353 e. The Hall–Kier alpha value is -1.10. The quantitative estimate of drug-likeness (QED) is 0.734. The monoisotopic (exact) mass is 253 g/mol. The van der Waals surface area contributed by atoms with Gasteiger partial charge in [0.15, 0.2) is 0 Å². The first-order chi connectivity index (χ1) is 8.52. The van der Waals surface area contributed by atoms with Crippen LogP contribution in [0.1, 0.15) is 20.8 Å². The molecule has 2 unspecified atom stereocenters. The van der Waals surface area contributed by atoms with Gasteiger partial charge in [-0.25, -0.2) is 0 Å². The SMILES string of the molecule is CC(C)C1C(=O)NCCN1C(=O)C(C)C1CNC1. The van der Waals surface area contributed by atoms with Crippen LogP contribution < -0.4 is 10.6 Å². The van der Waals surface area contributed by atoms with Crippen LogP contribution in [0.15, 0.2) is 0 Å². The zero-order valence-corrected chi connectivity index (χ0v) is 11.4. The van der Waals surface area contributed by atoms with E-state index in [0.717, 1.165) is 13.1 Å². The Balaban J connectivity index is 2.08. The summed E-state index contributed by atoms with van der Waals surface area (Å²) in [7, 11) is 0. The van der Waals surface area contributed by atoms with Crippen molar-refractivity contribution in [2.45, 2.75) is 26.8 Å². The van der Waals surface area contributed by atoms with Gasteiger partial charge in [-0.2, -0.15) is 0 Å². The molecule has 2 fully saturated rings. The molecule has 2 N–H and O–H groups in total. The standard InChI is InChI=1S/C13H23N3O2/c1-8(2)11-12(17)15-4-5-16(11)13(18)9(3)10-6-14-7-10/h8-11,14H,4-7H2,1-3H3,(H,15,17). The summed E-state index contributed by atoms with van der Waals surface area (Å²) in [5, 5.41) is 6.04. The summed E-state index contributed by atoms with van der Waals surface area (Å²) in [6.07, 6.45) is 0. The average Bonchev–Trinajstić information content (AvgIpc) is 2.24. The third kappa shape index (κ3) is 2.36. The normalized spacial score (nSPS) is 26.8. The molecule has 5 nitrogen and oxygen atoms in total. The number of amides is 2. The second-order valence-corrected chi connectivity index (χ2v) is 5.72. The topological polar surface area (TPSA) is 61.4 Å². The van der Waals surface area contributed by atoms with Crippen LogP contribution >= 0.6 is 0 Å². The van der Waals surface area contributed by atoms with E-state index in [4.69, 9.17) is 0 Å². The van der Waals surface area contributed by atoms with Gasteiger partial charge in [0.2, 0.25) is 11.8 Å². The molecule has 0 spiro atoms. The predicted molar refractivity (Wildman–Crippen MR) is 68.9 cm³/mol. The van der Waals surface area contributed by atoms with Crippen molar-refractivity contribution in [2.24, 2.45) is 17.8 Å². The summed E-state index contributed by atoms with van der Waals surface area (Å²) in [6, 6.07) is -0.304. The zero-order chi connectivity index (χ0) is 13.3. The molecule has 2 saturated heterocycles. The van der Waals surface area contributed by atoms with Crippen molar-refractivity contribution in [3.05, 3.63) is 0 Å². The molecular formula is C13H23N3O2. The van der Waals surface area contributed by atoms with E-state index in [1.807, 2.05) is 20.8 Å². The molecule has 2 rings (SSSR count). The molecule has 0 aliphatic carbocycles. The van der Waals surface area contributed by atoms with Crippen molar-refractivity contribution in [1.29, 1.82) is 0 Å². The molecule has 2 aliphatic rings. The van der Waals surface area contributed by atoms with E-state index in [1.54, 1.807) is 4.90 Å². The molecule has 0 aromatic carbocycles. The van der Waals surface area contributed by atoms with Crippen LogP contribution in [0.2, 0.25) is 0 Å². The molecule has 0 saturated carbocycles. The number of carbonyl (C=O) groups excluding carboxylic acids is 2. The average molecular weight is 253 g/mol. The lowest BCUT2D eigenvalue weighted by Crippen LogP contribution is -2.61. The lowest BCUT2D eigenvalue weighted by Gasteiger charge is -2.41. The fraction of sp³-hybridized carbons (Fsp3) is 0.846. The van der Waals surface area contributed by atoms with Gasteiger partial charge < -0.3 is 15.5 Å². The maximum absolute atomic E-state index is 12.5. The fourth-order valence-corrected chi connectivity index (χ4v) is 2.72. The Morgan fingerprint density at radius 2 is 2.00 bits per heavy atom. The van der Waals surface area contributed by atoms with Crippen LogP contribution in [0.5, 0.6) is 0 Å². The van der Waals surface area contributed by atoms with Gasteiger partial charge in [-0.3, -0.25) is 9.59 Å². The van der Waals surface area contributed by atoms with Crippen LogP contribution in [0, 0.1) is 17.8 Å². The first-order valence-corrected chi connectivity index (χ1v) is 6.81. The van der Waals surface area contributed by atoms with E-state index in [9.17, 15) is 9.59 Å². The summed E-state index contributed by atoms with van der Waals surface area (Å²) in [5.41, 5.74) is 0. The lowest BCUT2D eigenvalue weighted by molar-refractivity contribution is -0.149. The van der Waals surface area contributed by atoms with Crippen molar-refractivity contribution < 1.29 is 9.59 Å². The Morgan fingerprint density at radius 1 is 1.33 bits per heavy atom. The van der Waals surface area contributed by atoms with E-state index >= 15 is 0 Å². The molecule has 0 aromatic rings. The third-order valence-electron chi connectivity index (χ3n) is 4.08. The van der Waals surface area contributed by atoms with E-state index in [2.05, 4.69) is 10.6 Å². The molecule has 0 radical (unpaired) electrons. The molecule has 5 heteroatoms. The molecule has 2 amide bonds. The predicted octanol–water partition coefficient (Wildman–Crippen LogP) is -0.175. The Kier molecular flexibility index (Phi) is 3.90. The number of carbonyl (C=O) groups is 2. The Bertz CT molecular complexity index is 339. The van der Waals surface area contributed by atoms with Crippen LogP contribution in [-0.2, 0) is 9.59 Å². The molecule has 2 heterocycles. The number of rotatable bonds is 3. The second kappa shape index (κ2) is 5.26. The van der Waals surface area contributed by atoms with Gasteiger partial charge in [0.25, 0.3) is 0 Å². The number of hydrogen-bond donors (Lipinski definition) is 2. The van der Waals surface area contributed by atoms with Crippen molar-refractivity contribution in [3.8, 4) is 0 Å². The van der Waals surface area contributed by atoms with Gasteiger partial charge in [0.05, 0.1) is 0 Å². The number of piperazine rings is 1. The molecular weight excluding hydrogens is 230 g/mol. The second-order valence-electron chi connectivity index (χ2n) is 5.72. The van der Waals surface area contributed by atoms with Crippen LogP contribution in [-0.4, -0.2) is 48.9 Å². The zero-order valence-electron chi connectivity index (χ0n) is 11.4. The summed E-state index contributed by atoms with van der Waals surface area (Å²) in [6.45, 7) is 9.01. The van der Waals surface area contributed by atoms with Crippen LogP contribution in [0.25, 0.3) is 0 Å². The lowest BCUT2D eigenvalue weighted by atomic mass is 9.86. The first-order valence-electron chi connectivity index (χ1n) is 6.81. The highest BCUT2D eigenvalue weighted by atomic mass is 16.2. The van der Waals surface area contributed by atoms with E-state index in [0.29, 0.717) is 19.0 Å². The minimum atomic E-state index is -0.304. The third-order valence-corrected chi connectivity index (χ3v) is 4.08. The highest BCUT2D eigenvalue weighted by molar-refractivity contribution is 5.89. The Labute approximate surface area is 108 Å². The van der Waals surface area contributed by atoms with Gasteiger partial charge in [-0.1, -0.05) is 20.8 Å². The summed E-state index contributed by atoms with van der Waals surface area (Å²) in [5.74, 6) is 0.716. The van der Waals surface area contributed by atoms with E-state index in [-0.39, 0.29) is 29.7 Å². The van der Waals surface area contributed by atoms with Gasteiger partial charge in [0, 0.05) is 19.0 Å². The first kappa shape index (κ1) is 13.3. The minimum Gasteiger partial charge on any atom is -0.353 e. The molecule has 18 heavy (non-hydrogen) atoms. The molecule has 2 atom stereocenters. The van der Waals surface area contributed by atoms with Crippen LogP contribution in [0.4, 0.5) is 0 Å². The summed E-state index contributed by atoms with van der Waals surface area (Å²) >= 11 is 0. The van der Waals surface area contributed by atoms with Gasteiger partial charge in [-0.05, 0) is 24.9 Å². The van der Waals surface area contributed by atoms with Crippen molar-refractivity contribution in [2.75, 3.05) is 26.2 Å². The molecule has 2 aliphatic heterocycles.